The van der Waals surface area contributed by atoms with E-state index in [1.165, 1.54) is 4.68 Å². The highest BCUT2D eigenvalue weighted by molar-refractivity contribution is 9.10. The molecule has 0 aromatic carbocycles. The quantitative estimate of drug-likeness (QED) is 0.912. The summed E-state index contributed by atoms with van der Waals surface area (Å²) < 4.78 is 2.19. The van der Waals surface area contributed by atoms with Gasteiger partial charge in [-0.15, -0.1) is 5.10 Å². The number of halogens is 1. The number of aromatic nitrogens is 5. The predicted octanol–water partition coefficient (Wildman–Crippen LogP) is 1.22. The van der Waals surface area contributed by atoms with Crippen molar-refractivity contribution in [1.29, 1.82) is 0 Å². The van der Waals surface area contributed by atoms with Crippen LogP contribution in [0.25, 0.3) is 11.5 Å². The summed E-state index contributed by atoms with van der Waals surface area (Å²) in [5, 5.41) is 20.1. The fraction of sp³-hybridized carbons (Fsp3) is 0.300. The zero-order valence-corrected chi connectivity index (χ0v) is 11.1. The fourth-order valence-corrected chi connectivity index (χ4v) is 1.82. The summed E-state index contributed by atoms with van der Waals surface area (Å²) in [5.74, 6) is -1.03. The molecule has 1 unspecified atom stereocenters. The van der Waals surface area contributed by atoms with Gasteiger partial charge in [-0.25, -0.2) is 4.68 Å². The van der Waals surface area contributed by atoms with Gasteiger partial charge in [0.25, 0.3) is 0 Å². The molecule has 18 heavy (non-hydrogen) atoms. The van der Waals surface area contributed by atoms with Gasteiger partial charge in [-0.3, -0.25) is 9.78 Å². The van der Waals surface area contributed by atoms with Crippen LogP contribution in [0.4, 0.5) is 0 Å². The Kier molecular flexibility index (Phi) is 3.66. The van der Waals surface area contributed by atoms with Crippen molar-refractivity contribution in [3.63, 3.8) is 0 Å². The van der Waals surface area contributed by atoms with Crippen LogP contribution in [0.1, 0.15) is 6.92 Å². The van der Waals surface area contributed by atoms with Gasteiger partial charge in [-0.05, 0) is 38.5 Å². The predicted molar refractivity (Wildman–Crippen MR) is 65.5 cm³/mol. The lowest BCUT2D eigenvalue weighted by Crippen LogP contribution is -2.18. The normalized spacial score (nSPS) is 12.3. The van der Waals surface area contributed by atoms with E-state index in [4.69, 9.17) is 5.11 Å². The molecule has 2 heterocycles. The first-order chi connectivity index (χ1) is 8.59. The molecule has 7 nitrogen and oxygen atoms in total. The molecule has 2 aromatic heterocycles. The largest absolute Gasteiger partial charge is 0.481 e. The molecule has 94 valence electrons. The Hall–Kier alpha value is -1.83. The Labute approximate surface area is 111 Å². The van der Waals surface area contributed by atoms with Crippen LogP contribution in [0, 0.1) is 5.92 Å². The van der Waals surface area contributed by atoms with Crippen molar-refractivity contribution in [2.24, 2.45) is 5.92 Å². The number of hydrogen-bond donors (Lipinski definition) is 1. The lowest BCUT2D eigenvalue weighted by Gasteiger charge is -2.08. The Bertz CT molecular complexity index is 571. The third-order valence-corrected chi connectivity index (χ3v) is 3.01. The lowest BCUT2D eigenvalue weighted by atomic mass is 10.2. The van der Waals surface area contributed by atoms with Crippen molar-refractivity contribution < 1.29 is 9.90 Å². The van der Waals surface area contributed by atoms with E-state index in [0.29, 0.717) is 11.5 Å². The number of rotatable bonds is 4. The van der Waals surface area contributed by atoms with Crippen LogP contribution in [0.5, 0.6) is 0 Å². The molecular weight excluding hydrogens is 302 g/mol. The SMILES string of the molecule is CC(Cn1nnnc1-c1ncccc1Br)C(=O)O. The molecule has 0 amide bonds. The second-order valence-electron chi connectivity index (χ2n) is 3.76. The highest BCUT2D eigenvalue weighted by Crippen LogP contribution is 2.23. The van der Waals surface area contributed by atoms with Gasteiger partial charge in [-0.2, -0.15) is 0 Å². The first kappa shape index (κ1) is 12.6. The maximum Gasteiger partial charge on any atom is 0.308 e. The molecule has 0 radical (unpaired) electrons. The number of hydrogen-bond acceptors (Lipinski definition) is 5. The van der Waals surface area contributed by atoms with Crippen molar-refractivity contribution >= 4 is 21.9 Å². The molecule has 2 rings (SSSR count). The second kappa shape index (κ2) is 5.21. The Morgan fingerprint density at radius 1 is 1.61 bits per heavy atom. The van der Waals surface area contributed by atoms with E-state index >= 15 is 0 Å². The fourth-order valence-electron chi connectivity index (χ4n) is 1.38. The van der Waals surface area contributed by atoms with Crippen LogP contribution in [0.3, 0.4) is 0 Å². The zero-order chi connectivity index (χ0) is 13.1. The maximum absolute atomic E-state index is 10.8. The van der Waals surface area contributed by atoms with Crippen LogP contribution < -0.4 is 0 Å². The number of carbonyl (C=O) groups is 1. The Morgan fingerprint density at radius 3 is 3.06 bits per heavy atom. The van der Waals surface area contributed by atoms with Crippen LogP contribution in [0.15, 0.2) is 22.8 Å². The van der Waals surface area contributed by atoms with Gasteiger partial charge < -0.3 is 5.11 Å². The van der Waals surface area contributed by atoms with E-state index in [1.54, 1.807) is 19.2 Å². The number of pyridine rings is 1. The van der Waals surface area contributed by atoms with Crippen LogP contribution in [0.2, 0.25) is 0 Å². The van der Waals surface area contributed by atoms with E-state index in [1.807, 2.05) is 6.07 Å². The molecule has 0 aliphatic rings. The maximum atomic E-state index is 10.8. The van der Waals surface area contributed by atoms with E-state index in [9.17, 15) is 4.79 Å². The first-order valence-corrected chi connectivity index (χ1v) is 5.98. The van der Waals surface area contributed by atoms with E-state index in [2.05, 4.69) is 36.4 Å². The smallest absolute Gasteiger partial charge is 0.308 e. The van der Waals surface area contributed by atoms with Gasteiger partial charge in [0.1, 0.15) is 5.69 Å². The molecule has 0 saturated carbocycles. The molecule has 2 aromatic rings. The number of carboxylic acid groups (broad SMARTS) is 1. The molecule has 0 fully saturated rings. The van der Waals surface area contributed by atoms with Gasteiger partial charge in [0.05, 0.1) is 12.5 Å². The minimum atomic E-state index is -0.892. The van der Waals surface area contributed by atoms with E-state index in [-0.39, 0.29) is 6.54 Å². The molecule has 1 N–H and O–H groups in total. The van der Waals surface area contributed by atoms with Crippen LogP contribution in [-0.2, 0) is 11.3 Å². The number of nitrogens with zero attached hydrogens (tertiary/aromatic N) is 5. The topological polar surface area (TPSA) is 93.8 Å². The highest BCUT2D eigenvalue weighted by atomic mass is 79.9. The molecule has 0 aliphatic carbocycles. The van der Waals surface area contributed by atoms with Crippen molar-refractivity contribution in [3.05, 3.63) is 22.8 Å². The number of tetrazole rings is 1. The standard InChI is InChI=1S/C10H10BrN5O2/c1-6(10(17)18)5-16-9(13-14-15-16)8-7(11)3-2-4-12-8/h2-4,6H,5H2,1H3,(H,17,18). The Balaban J connectivity index is 2.34. The van der Waals surface area contributed by atoms with Crippen LogP contribution >= 0.6 is 15.9 Å². The molecule has 0 aliphatic heterocycles. The summed E-state index contributed by atoms with van der Waals surface area (Å²) in [6.45, 7) is 1.79. The average Bonchev–Trinajstić information content (AvgIpc) is 2.77. The molecule has 0 saturated heterocycles. The molecule has 0 bridgehead atoms. The monoisotopic (exact) mass is 311 g/mol. The van der Waals surface area contributed by atoms with E-state index in [0.717, 1.165) is 4.47 Å². The summed E-state index contributed by atoms with van der Waals surface area (Å²) in [6, 6.07) is 3.60. The minimum absolute atomic E-state index is 0.195. The van der Waals surface area contributed by atoms with Gasteiger partial charge in [-0.1, -0.05) is 6.92 Å². The van der Waals surface area contributed by atoms with Gasteiger partial charge in [0.15, 0.2) is 0 Å². The summed E-state index contributed by atoms with van der Waals surface area (Å²) in [7, 11) is 0. The summed E-state index contributed by atoms with van der Waals surface area (Å²) >= 11 is 3.36. The lowest BCUT2D eigenvalue weighted by molar-refractivity contribution is -0.141. The molecule has 0 spiro atoms. The Morgan fingerprint density at radius 2 is 2.39 bits per heavy atom. The number of aliphatic carboxylic acids is 1. The van der Waals surface area contributed by atoms with Crippen LogP contribution in [-0.4, -0.2) is 36.3 Å². The van der Waals surface area contributed by atoms with Crippen molar-refractivity contribution in [2.45, 2.75) is 13.5 Å². The highest BCUT2D eigenvalue weighted by Gasteiger charge is 2.18. The molecule has 8 heteroatoms. The molecule has 1 atom stereocenters. The van der Waals surface area contributed by atoms with Crippen molar-refractivity contribution in [3.8, 4) is 11.5 Å². The van der Waals surface area contributed by atoms with Gasteiger partial charge >= 0.3 is 5.97 Å². The average molecular weight is 312 g/mol. The summed E-state index contributed by atoms with van der Waals surface area (Å²) in [4.78, 5) is 15.0. The van der Waals surface area contributed by atoms with Gasteiger partial charge in [0, 0.05) is 10.7 Å². The second-order valence-corrected chi connectivity index (χ2v) is 4.61. The van der Waals surface area contributed by atoms with Gasteiger partial charge in [0.2, 0.25) is 5.82 Å². The minimum Gasteiger partial charge on any atom is -0.481 e. The summed E-state index contributed by atoms with van der Waals surface area (Å²) in [5.41, 5.74) is 0.583. The first-order valence-electron chi connectivity index (χ1n) is 5.19. The molecular formula is C10H10BrN5O2. The van der Waals surface area contributed by atoms with Crippen molar-refractivity contribution in [2.75, 3.05) is 0 Å². The zero-order valence-electron chi connectivity index (χ0n) is 9.49. The third-order valence-electron chi connectivity index (χ3n) is 2.37. The number of carboxylic acids is 1. The third kappa shape index (κ3) is 2.53. The van der Waals surface area contributed by atoms with Crippen molar-refractivity contribution in [1.82, 2.24) is 25.2 Å². The van der Waals surface area contributed by atoms with E-state index < -0.39 is 11.9 Å². The summed E-state index contributed by atoms with van der Waals surface area (Å²) in [6.07, 6.45) is 1.62.